The molecule has 0 radical (unpaired) electrons. The van der Waals surface area contributed by atoms with E-state index < -0.39 is 22.7 Å². The topological polar surface area (TPSA) is 19.7 Å². The monoisotopic (exact) mass is 1220 g/mol. The van der Waals surface area contributed by atoms with Crippen molar-refractivity contribution in [3.05, 3.63) is 290 Å². The van der Waals surface area contributed by atoms with Gasteiger partial charge < -0.3 is 18.3 Å². The molecule has 0 spiro atoms. The summed E-state index contributed by atoms with van der Waals surface area (Å²) < 4.78 is 52.8. The first-order valence-electron chi connectivity index (χ1n) is 31.5. The Balaban J connectivity index is 1.20. The number of hydrogen-bond donors (Lipinski definition) is 0. The predicted molar refractivity (Wildman–Crippen MR) is 387 cm³/mol. The molecule has 6 heterocycles. The van der Waals surface area contributed by atoms with E-state index in [-0.39, 0.29) is 0 Å². The van der Waals surface area contributed by atoms with E-state index in [1.54, 1.807) is 46.9 Å². The zero-order valence-corrected chi connectivity index (χ0v) is 52.4. The van der Waals surface area contributed by atoms with Gasteiger partial charge in [0.2, 0.25) is 0 Å². The molecule has 13 aromatic carbocycles. The molecule has 0 aliphatic heterocycles. The van der Waals surface area contributed by atoms with Gasteiger partial charge in [0.15, 0.2) is 0 Å². The molecule has 0 bridgehead atoms. The number of aromatic nitrogens is 4. The fraction of sp³-hybridized carbons (Fsp3) is 0.0714. The average Bonchev–Trinajstić information content (AvgIpc) is 1.33. The predicted octanol–water partition coefficient (Wildman–Crippen LogP) is 24.0. The van der Waals surface area contributed by atoms with Crippen molar-refractivity contribution >= 4 is 150 Å². The largest absolute Gasteiger partial charge is 0.331 e. The molecule has 0 unspecified atom stereocenters. The Labute approximate surface area is 535 Å². The van der Waals surface area contributed by atoms with Crippen molar-refractivity contribution in [3.63, 3.8) is 0 Å². The van der Waals surface area contributed by atoms with Crippen molar-refractivity contribution in [2.24, 2.45) is 0 Å². The zero-order valence-electron chi connectivity index (χ0n) is 50.8. The van der Waals surface area contributed by atoms with Crippen LogP contribution in [0.25, 0.3) is 161 Å². The van der Waals surface area contributed by atoms with Gasteiger partial charge in [-0.1, -0.05) is 194 Å². The molecule has 438 valence electrons. The number of para-hydroxylation sites is 6. The standard InChI is InChI=1S/C84H56F2N4S2/c1-83(2,89-65-39-19-9-25-49(65)50-26-10-20-40-66(50)89)77-75(57-31-5-15-35-61(57)85)81(87-63-37-17-7-29-53(63)55-45-47-71-73(79(55)87)59-33-13-23-43-69(59)91-71)78(84(3,4)90-67-41-21-11-27-51(67)52-28-12-22-42-68(52)90)82(76(77)58-32-6-16-36-62(58)86)88-64-38-18-8-30-54(64)56-46-48-72-74(80(56)88)60-34-14-24-44-70(60)92-72/h5-48H,1-4H3. The fourth-order valence-corrected chi connectivity index (χ4v) is 18.7. The number of hydrogen-bond acceptors (Lipinski definition) is 2. The summed E-state index contributed by atoms with van der Waals surface area (Å²) in [6.07, 6.45) is 0. The summed E-state index contributed by atoms with van der Waals surface area (Å²) in [5, 5.41) is 13.2. The van der Waals surface area contributed by atoms with Gasteiger partial charge in [-0.15, -0.1) is 22.7 Å². The van der Waals surface area contributed by atoms with E-state index in [4.69, 9.17) is 0 Å². The van der Waals surface area contributed by atoms with Crippen molar-refractivity contribution < 1.29 is 8.78 Å². The Morgan fingerprint density at radius 2 is 0.565 bits per heavy atom. The van der Waals surface area contributed by atoms with Crippen LogP contribution in [0.1, 0.15) is 38.8 Å². The molecule has 0 amide bonds. The van der Waals surface area contributed by atoms with Gasteiger partial charge in [-0.3, -0.25) is 0 Å². The minimum atomic E-state index is -1.15. The third kappa shape index (κ3) is 7.13. The van der Waals surface area contributed by atoms with Crippen molar-refractivity contribution in [2.45, 2.75) is 38.8 Å². The lowest BCUT2D eigenvalue weighted by Gasteiger charge is -2.42. The third-order valence-electron chi connectivity index (χ3n) is 20.0. The maximum Gasteiger partial charge on any atom is 0.131 e. The molecule has 19 rings (SSSR count). The molecule has 6 aromatic heterocycles. The van der Waals surface area contributed by atoms with Gasteiger partial charge in [0.05, 0.1) is 44.5 Å². The smallest absolute Gasteiger partial charge is 0.131 e. The normalized spacial score (nSPS) is 12.7. The first-order chi connectivity index (χ1) is 45.1. The van der Waals surface area contributed by atoms with Crippen LogP contribution in [0.5, 0.6) is 0 Å². The highest BCUT2D eigenvalue weighted by atomic mass is 32.1. The highest BCUT2D eigenvalue weighted by Gasteiger charge is 2.45. The second-order valence-corrected chi connectivity index (χ2v) is 27.8. The summed E-state index contributed by atoms with van der Waals surface area (Å²) in [5.74, 6) is -0.785. The van der Waals surface area contributed by atoms with E-state index in [1.807, 2.05) is 24.3 Å². The third-order valence-corrected chi connectivity index (χ3v) is 22.3. The zero-order chi connectivity index (χ0) is 61.5. The van der Waals surface area contributed by atoms with E-state index in [1.165, 1.54) is 9.40 Å². The summed E-state index contributed by atoms with van der Waals surface area (Å²) in [6.45, 7) is 9.28. The van der Waals surface area contributed by atoms with E-state index >= 15 is 8.78 Å². The van der Waals surface area contributed by atoms with E-state index in [2.05, 4.69) is 264 Å². The molecule has 0 fully saturated rings. The summed E-state index contributed by atoms with van der Waals surface area (Å²) >= 11 is 3.59. The Kier molecular flexibility index (Phi) is 11.2. The molecule has 8 heteroatoms. The van der Waals surface area contributed by atoms with Gasteiger partial charge >= 0.3 is 0 Å². The summed E-state index contributed by atoms with van der Waals surface area (Å²) in [5.41, 5.74) is 11.1. The van der Waals surface area contributed by atoms with Crippen molar-refractivity contribution in [1.82, 2.24) is 18.3 Å². The molecule has 19 aromatic rings. The number of benzene rings is 13. The molecule has 0 N–H and O–H groups in total. The van der Waals surface area contributed by atoms with E-state index in [0.29, 0.717) is 22.3 Å². The summed E-state index contributed by atoms with van der Waals surface area (Å²) in [7, 11) is 0. The van der Waals surface area contributed by atoms with Gasteiger partial charge in [-0.2, -0.15) is 0 Å². The Bertz CT molecular complexity index is 6010. The number of fused-ring (bicyclic) bond motifs is 20. The van der Waals surface area contributed by atoms with Crippen molar-refractivity contribution in [1.29, 1.82) is 0 Å². The SMILES string of the molecule is CC(C)(c1c(-c2ccccc2F)c(-n2c3ccccc3c3ccc4sc5ccccc5c4c32)c(C(C)(C)n2c3ccccc3c3ccccc32)c(-n2c3ccccc3c3ccc4sc5ccccc5c4c32)c1-c1ccccc1F)n1c2ccccc2c2ccccc21. The molecule has 0 aliphatic rings. The lowest BCUT2D eigenvalue weighted by Crippen LogP contribution is -2.35. The van der Waals surface area contributed by atoms with Crippen LogP contribution in [-0.4, -0.2) is 18.3 Å². The van der Waals surface area contributed by atoms with Crippen LogP contribution >= 0.6 is 22.7 Å². The van der Waals surface area contributed by atoms with Crippen LogP contribution in [0, 0.1) is 11.6 Å². The second-order valence-electron chi connectivity index (χ2n) is 25.6. The quantitative estimate of drug-likeness (QED) is 0.144. The average molecular weight is 1220 g/mol. The minimum Gasteiger partial charge on any atom is -0.331 e. The van der Waals surface area contributed by atoms with Gasteiger partial charge in [-0.05, 0) is 106 Å². The first kappa shape index (κ1) is 53.2. The van der Waals surface area contributed by atoms with Crippen LogP contribution < -0.4 is 0 Å². The van der Waals surface area contributed by atoms with Crippen LogP contribution in [-0.2, 0) is 11.1 Å². The first-order valence-corrected chi connectivity index (χ1v) is 33.1. The maximum absolute atomic E-state index is 19.1. The van der Waals surface area contributed by atoms with Gasteiger partial charge in [0, 0.05) is 133 Å². The number of nitrogens with zero attached hydrogens (tertiary/aromatic N) is 4. The lowest BCUT2D eigenvalue weighted by molar-refractivity contribution is 0.454. The molecular formula is C84H56F2N4S2. The molecule has 4 nitrogen and oxygen atoms in total. The van der Waals surface area contributed by atoms with Crippen LogP contribution in [0.3, 0.4) is 0 Å². The molecule has 0 saturated carbocycles. The summed E-state index contributed by atoms with van der Waals surface area (Å²) in [6, 6.07) is 93.7. The van der Waals surface area contributed by atoms with Crippen molar-refractivity contribution in [3.8, 4) is 33.6 Å². The Morgan fingerprint density at radius 1 is 0.272 bits per heavy atom. The number of rotatable bonds is 8. The molecular weight excluding hydrogens is 1170 g/mol. The summed E-state index contributed by atoms with van der Waals surface area (Å²) in [4.78, 5) is 0. The van der Waals surface area contributed by atoms with Crippen molar-refractivity contribution in [2.75, 3.05) is 0 Å². The van der Waals surface area contributed by atoms with Gasteiger partial charge in [-0.25, -0.2) is 8.78 Å². The van der Waals surface area contributed by atoms with Gasteiger partial charge in [0.1, 0.15) is 11.6 Å². The second kappa shape index (κ2) is 19.4. The number of thiophene rings is 2. The fourth-order valence-electron chi connectivity index (χ4n) is 16.5. The van der Waals surface area contributed by atoms with Crippen LogP contribution in [0.2, 0.25) is 0 Å². The van der Waals surface area contributed by atoms with E-state index in [0.717, 1.165) is 141 Å². The highest BCUT2D eigenvalue weighted by Crippen LogP contribution is 2.59. The molecule has 0 atom stereocenters. The number of halogens is 2. The van der Waals surface area contributed by atoms with Gasteiger partial charge in [0.25, 0.3) is 0 Å². The molecule has 0 saturated heterocycles. The van der Waals surface area contributed by atoms with E-state index in [9.17, 15) is 0 Å². The minimum absolute atomic E-state index is 0.393. The Hall–Kier alpha value is -10.6. The lowest BCUT2D eigenvalue weighted by atomic mass is 9.74. The maximum atomic E-state index is 19.1. The van der Waals surface area contributed by atoms with Crippen LogP contribution in [0.15, 0.2) is 267 Å². The molecule has 0 aliphatic carbocycles. The van der Waals surface area contributed by atoms with Crippen LogP contribution in [0.4, 0.5) is 8.78 Å². The molecule has 92 heavy (non-hydrogen) atoms. The highest BCUT2D eigenvalue weighted by molar-refractivity contribution is 7.26. The Morgan fingerprint density at radius 3 is 0.935 bits per heavy atom.